The number of hydrogen-bond donors (Lipinski definition) is 2. The van der Waals surface area contributed by atoms with Crippen LogP contribution in [0.4, 0.5) is 4.39 Å². The zero-order valence-corrected chi connectivity index (χ0v) is 10.4. The van der Waals surface area contributed by atoms with E-state index in [1.54, 1.807) is 12.1 Å². The number of aliphatic hydroxyl groups is 2. The van der Waals surface area contributed by atoms with E-state index < -0.39 is 6.10 Å². The van der Waals surface area contributed by atoms with E-state index in [2.05, 4.69) is 4.90 Å². The number of hydrogen-bond acceptors (Lipinski definition) is 3. The third-order valence-electron chi connectivity index (χ3n) is 3.58. The molecule has 2 N–H and O–H groups in total. The average molecular weight is 253 g/mol. The molecular formula is C14H20FNO2. The Hall–Kier alpha value is -0.970. The molecule has 100 valence electrons. The Kier molecular flexibility index (Phi) is 4.69. The van der Waals surface area contributed by atoms with Crippen molar-refractivity contribution < 1.29 is 14.6 Å². The van der Waals surface area contributed by atoms with Crippen molar-refractivity contribution in [2.75, 3.05) is 26.2 Å². The van der Waals surface area contributed by atoms with E-state index in [0.29, 0.717) is 17.9 Å². The van der Waals surface area contributed by atoms with Gasteiger partial charge in [-0.05, 0) is 43.0 Å². The summed E-state index contributed by atoms with van der Waals surface area (Å²) in [5.41, 5.74) is 0.632. The van der Waals surface area contributed by atoms with Crippen LogP contribution in [0.3, 0.4) is 0 Å². The van der Waals surface area contributed by atoms with Gasteiger partial charge in [-0.1, -0.05) is 12.1 Å². The molecule has 0 saturated carbocycles. The molecule has 18 heavy (non-hydrogen) atoms. The standard InChI is InChI=1S/C14H20FNO2/c15-13-3-1-2-12(8-13)14(18)5-7-16-6-4-11(9-16)10-17/h1-3,8,11,14,17-18H,4-7,9-10H2. The first-order valence-electron chi connectivity index (χ1n) is 6.46. The van der Waals surface area contributed by atoms with Crippen LogP contribution in [0.1, 0.15) is 24.5 Å². The summed E-state index contributed by atoms with van der Waals surface area (Å²) >= 11 is 0. The lowest BCUT2D eigenvalue weighted by Crippen LogP contribution is -2.24. The predicted octanol–water partition coefficient (Wildman–Crippen LogP) is 1.56. The molecular weight excluding hydrogens is 233 g/mol. The molecule has 0 bridgehead atoms. The van der Waals surface area contributed by atoms with E-state index in [-0.39, 0.29) is 12.4 Å². The van der Waals surface area contributed by atoms with Gasteiger partial charge in [0.05, 0.1) is 6.10 Å². The molecule has 0 amide bonds. The minimum atomic E-state index is -0.617. The summed E-state index contributed by atoms with van der Waals surface area (Å²) in [7, 11) is 0. The summed E-state index contributed by atoms with van der Waals surface area (Å²) < 4.78 is 13.0. The topological polar surface area (TPSA) is 43.7 Å². The van der Waals surface area contributed by atoms with Crippen LogP contribution < -0.4 is 0 Å². The molecule has 2 rings (SSSR count). The molecule has 1 aromatic rings. The maximum atomic E-state index is 13.0. The molecule has 2 unspecified atom stereocenters. The summed E-state index contributed by atoms with van der Waals surface area (Å²) in [5.74, 6) is 0.0596. The van der Waals surface area contributed by atoms with Gasteiger partial charge in [-0.3, -0.25) is 0 Å². The van der Waals surface area contributed by atoms with Crippen LogP contribution in [-0.4, -0.2) is 41.4 Å². The lowest BCUT2D eigenvalue weighted by molar-refractivity contribution is 0.145. The van der Waals surface area contributed by atoms with Crippen LogP contribution in [0.2, 0.25) is 0 Å². The fourth-order valence-electron chi connectivity index (χ4n) is 2.45. The minimum Gasteiger partial charge on any atom is -0.396 e. The largest absolute Gasteiger partial charge is 0.396 e. The molecule has 0 aliphatic carbocycles. The van der Waals surface area contributed by atoms with E-state index in [9.17, 15) is 9.50 Å². The summed E-state index contributed by atoms with van der Waals surface area (Å²) in [6.07, 6.45) is 1.00. The van der Waals surface area contributed by atoms with Gasteiger partial charge >= 0.3 is 0 Å². The monoisotopic (exact) mass is 253 g/mol. The average Bonchev–Trinajstić information content (AvgIpc) is 2.84. The van der Waals surface area contributed by atoms with Gasteiger partial charge in [-0.25, -0.2) is 4.39 Å². The number of benzene rings is 1. The first-order chi connectivity index (χ1) is 8.69. The Morgan fingerprint density at radius 3 is 2.94 bits per heavy atom. The third kappa shape index (κ3) is 3.51. The number of aliphatic hydroxyl groups excluding tert-OH is 2. The van der Waals surface area contributed by atoms with Crippen LogP contribution in [0.5, 0.6) is 0 Å². The minimum absolute atomic E-state index is 0.239. The van der Waals surface area contributed by atoms with Crippen molar-refractivity contribution in [3.8, 4) is 0 Å². The molecule has 0 radical (unpaired) electrons. The highest BCUT2D eigenvalue weighted by Crippen LogP contribution is 2.20. The number of rotatable bonds is 5. The Balaban J connectivity index is 1.80. The molecule has 1 aliphatic heterocycles. The zero-order chi connectivity index (χ0) is 13.0. The van der Waals surface area contributed by atoms with Gasteiger partial charge in [0.15, 0.2) is 0 Å². The van der Waals surface area contributed by atoms with Crippen LogP contribution in [0.25, 0.3) is 0 Å². The molecule has 0 spiro atoms. The number of likely N-dealkylation sites (tertiary alicyclic amines) is 1. The smallest absolute Gasteiger partial charge is 0.123 e. The highest BCUT2D eigenvalue weighted by atomic mass is 19.1. The van der Waals surface area contributed by atoms with Gasteiger partial charge in [0.25, 0.3) is 0 Å². The van der Waals surface area contributed by atoms with Gasteiger partial charge in [-0.15, -0.1) is 0 Å². The maximum absolute atomic E-state index is 13.0. The Bertz CT molecular complexity index is 386. The Morgan fingerprint density at radius 1 is 1.44 bits per heavy atom. The molecule has 1 saturated heterocycles. The van der Waals surface area contributed by atoms with Gasteiger partial charge in [0.2, 0.25) is 0 Å². The predicted molar refractivity (Wildman–Crippen MR) is 67.6 cm³/mol. The SMILES string of the molecule is OCC1CCN(CCC(O)c2cccc(F)c2)C1. The van der Waals surface area contributed by atoms with Crippen LogP contribution in [0.15, 0.2) is 24.3 Å². The summed E-state index contributed by atoms with van der Waals surface area (Å²) in [6.45, 7) is 2.89. The summed E-state index contributed by atoms with van der Waals surface area (Å²) in [6, 6.07) is 6.12. The van der Waals surface area contributed by atoms with Crippen LogP contribution in [0, 0.1) is 11.7 Å². The van der Waals surface area contributed by atoms with Gasteiger partial charge in [-0.2, -0.15) is 0 Å². The molecule has 1 aromatic carbocycles. The second kappa shape index (κ2) is 6.27. The first-order valence-corrected chi connectivity index (χ1v) is 6.46. The van der Waals surface area contributed by atoms with E-state index in [4.69, 9.17) is 5.11 Å². The van der Waals surface area contributed by atoms with E-state index >= 15 is 0 Å². The van der Waals surface area contributed by atoms with Gasteiger partial charge in [0.1, 0.15) is 5.82 Å². The second-order valence-electron chi connectivity index (χ2n) is 5.00. The lowest BCUT2D eigenvalue weighted by Gasteiger charge is -2.18. The molecule has 0 aromatic heterocycles. The quantitative estimate of drug-likeness (QED) is 0.837. The van der Waals surface area contributed by atoms with Gasteiger partial charge < -0.3 is 15.1 Å². The van der Waals surface area contributed by atoms with Crippen LogP contribution >= 0.6 is 0 Å². The first kappa shape index (κ1) is 13.5. The van der Waals surface area contributed by atoms with Crippen molar-refractivity contribution in [2.24, 2.45) is 5.92 Å². The van der Waals surface area contributed by atoms with Crippen molar-refractivity contribution in [1.82, 2.24) is 4.90 Å². The third-order valence-corrected chi connectivity index (χ3v) is 3.58. The fraction of sp³-hybridized carbons (Fsp3) is 0.571. The Labute approximate surface area is 107 Å². The highest BCUT2D eigenvalue weighted by Gasteiger charge is 2.22. The van der Waals surface area contributed by atoms with E-state index in [1.165, 1.54) is 12.1 Å². The number of nitrogens with zero attached hydrogens (tertiary/aromatic N) is 1. The summed E-state index contributed by atoms with van der Waals surface area (Å²) in [4.78, 5) is 2.24. The van der Waals surface area contributed by atoms with Crippen molar-refractivity contribution in [2.45, 2.75) is 18.9 Å². The Morgan fingerprint density at radius 2 is 2.28 bits per heavy atom. The zero-order valence-electron chi connectivity index (χ0n) is 10.4. The summed E-state index contributed by atoms with van der Waals surface area (Å²) in [5, 5.41) is 19.0. The van der Waals surface area contributed by atoms with Crippen LogP contribution in [-0.2, 0) is 0 Å². The molecule has 1 fully saturated rings. The molecule has 1 aliphatic rings. The van der Waals surface area contributed by atoms with Crippen molar-refractivity contribution in [3.05, 3.63) is 35.6 Å². The van der Waals surface area contributed by atoms with Crippen molar-refractivity contribution in [3.63, 3.8) is 0 Å². The second-order valence-corrected chi connectivity index (χ2v) is 5.00. The number of halogens is 1. The van der Waals surface area contributed by atoms with E-state index in [1.807, 2.05) is 0 Å². The maximum Gasteiger partial charge on any atom is 0.123 e. The van der Waals surface area contributed by atoms with Gasteiger partial charge in [0, 0.05) is 19.7 Å². The normalized spacial score (nSPS) is 22.3. The molecule has 1 heterocycles. The molecule has 4 heteroatoms. The highest BCUT2D eigenvalue weighted by molar-refractivity contribution is 5.18. The van der Waals surface area contributed by atoms with Crippen molar-refractivity contribution in [1.29, 1.82) is 0 Å². The molecule has 2 atom stereocenters. The lowest BCUT2D eigenvalue weighted by atomic mass is 10.1. The van der Waals surface area contributed by atoms with Crippen molar-refractivity contribution >= 4 is 0 Å². The van der Waals surface area contributed by atoms with E-state index in [0.717, 1.165) is 26.1 Å². The fourth-order valence-corrected chi connectivity index (χ4v) is 2.45. The molecule has 3 nitrogen and oxygen atoms in total.